The van der Waals surface area contributed by atoms with Crippen molar-refractivity contribution in [3.8, 4) is 5.75 Å². The third-order valence-electron chi connectivity index (χ3n) is 5.19. The molecule has 0 atom stereocenters. The zero-order chi connectivity index (χ0) is 23.0. The summed E-state index contributed by atoms with van der Waals surface area (Å²) >= 11 is 7.30. The van der Waals surface area contributed by atoms with Crippen LogP contribution in [0.2, 0.25) is 5.02 Å². The van der Waals surface area contributed by atoms with Gasteiger partial charge in [0, 0.05) is 36.9 Å². The molecule has 0 spiro atoms. The zero-order valence-corrected chi connectivity index (χ0v) is 20.0. The number of nitrogens with zero attached hydrogens (tertiary/aromatic N) is 4. The third-order valence-corrected chi connectivity index (χ3v) is 6.35. The summed E-state index contributed by atoms with van der Waals surface area (Å²) < 4.78 is 5.78. The summed E-state index contributed by atoms with van der Waals surface area (Å²) in [5.41, 5.74) is 1.81. The number of halogens is 1. The molecule has 0 radical (unpaired) electrons. The van der Waals surface area contributed by atoms with Crippen molar-refractivity contribution >= 4 is 46.5 Å². The molecular weight excluding hydrogens is 458 g/mol. The van der Waals surface area contributed by atoms with Crippen LogP contribution in [-0.4, -0.2) is 54.6 Å². The minimum absolute atomic E-state index is 0.114. The summed E-state index contributed by atoms with van der Waals surface area (Å²) in [7, 11) is 0. The number of carbonyl (C=O) groups excluding carboxylic acids is 1. The third kappa shape index (κ3) is 6.30. The molecule has 0 saturated carbocycles. The molecule has 1 amide bonds. The molecule has 2 aromatic carbocycles. The molecule has 1 aliphatic rings. The second-order valence-corrected chi connectivity index (χ2v) is 8.88. The van der Waals surface area contributed by atoms with Gasteiger partial charge in [-0.05, 0) is 49.4 Å². The van der Waals surface area contributed by atoms with Crippen LogP contribution >= 0.6 is 23.4 Å². The standard InChI is InChI=1S/C24H26ClN5O2S/c1-2-32-21-9-4-3-8-20(21)29-12-14-30(15-13-29)22-10-11-24(28-27-22)33-17-23(31)26-19-7-5-6-18(25)16-19/h3-11,16H,2,12-15,17H2,1H3,(H,26,31). The molecule has 1 saturated heterocycles. The van der Waals surface area contributed by atoms with Crippen LogP contribution in [0, 0.1) is 0 Å². The van der Waals surface area contributed by atoms with Gasteiger partial charge in [0.15, 0.2) is 5.82 Å². The Morgan fingerprint density at radius 3 is 2.55 bits per heavy atom. The fourth-order valence-corrected chi connectivity index (χ4v) is 4.44. The Kier molecular flexibility index (Phi) is 7.91. The van der Waals surface area contributed by atoms with E-state index in [2.05, 4.69) is 31.4 Å². The van der Waals surface area contributed by atoms with Gasteiger partial charge in [0.25, 0.3) is 0 Å². The molecule has 3 aromatic rings. The smallest absolute Gasteiger partial charge is 0.234 e. The van der Waals surface area contributed by atoms with E-state index in [1.807, 2.05) is 37.3 Å². The van der Waals surface area contributed by atoms with Gasteiger partial charge in [-0.3, -0.25) is 4.79 Å². The average molecular weight is 484 g/mol. The fourth-order valence-electron chi connectivity index (χ4n) is 3.63. The van der Waals surface area contributed by atoms with E-state index < -0.39 is 0 Å². The molecule has 172 valence electrons. The summed E-state index contributed by atoms with van der Waals surface area (Å²) in [6, 6.07) is 19.1. The Labute approximate surface area is 203 Å². The molecule has 4 rings (SSSR count). The van der Waals surface area contributed by atoms with E-state index in [0.717, 1.165) is 43.4 Å². The number of amides is 1. The summed E-state index contributed by atoms with van der Waals surface area (Å²) in [6.07, 6.45) is 0. The lowest BCUT2D eigenvalue weighted by Gasteiger charge is -2.37. The number of thioether (sulfide) groups is 1. The topological polar surface area (TPSA) is 70.6 Å². The van der Waals surface area contributed by atoms with Crippen molar-refractivity contribution in [2.75, 3.05) is 53.7 Å². The molecule has 0 aliphatic carbocycles. The lowest BCUT2D eigenvalue weighted by Crippen LogP contribution is -2.47. The highest BCUT2D eigenvalue weighted by atomic mass is 35.5. The number of hydrogen-bond acceptors (Lipinski definition) is 7. The highest BCUT2D eigenvalue weighted by molar-refractivity contribution is 7.99. The number of benzene rings is 2. The number of anilines is 3. The lowest BCUT2D eigenvalue weighted by molar-refractivity contribution is -0.113. The summed E-state index contributed by atoms with van der Waals surface area (Å²) in [5.74, 6) is 1.91. The van der Waals surface area contributed by atoms with Crippen LogP contribution in [0.4, 0.5) is 17.2 Å². The van der Waals surface area contributed by atoms with Crippen LogP contribution in [-0.2, 0) is 4.79 Å². The SMILES string of the molecule is CCOc1ccccc1N1CCN(c2ccc(SCC(=O)Nc3cccc(Cl)c3)nn2)CC1. The van der Waals surface area contributed by atoms with Gasteiger partial charge in [-0.2, -0.15) is 0 Å². The molecule has 7 nitrogen and oxygen atoms in total. The van der Waals surface area contributed by atoms with Gasteiger partial charge >= 0.3 is 0 Å². The van der Waals surface area contributed by atoms with E-state index in [1.54, 1.807) is 24.3 Å². The van der Waals surface area contributed by atoms with E-state index in [9.17, 15) is 4.79 Å². The first-order chi connectivity index (χ1) is 16.1. The minimum Gasteiger partial charge on any atom is -0.492 e. The molecule has 1 fully saturated rings. The van der Waals surface area contributed by atoms with Crippen molar-refractivity contribution in [3.63, 3.8) is 0 Å². The van der Waals surface area contributed by atoms with Crippen molar-refractivity contribution in [1.29, 1.82) is 0 Å². The number of carbonyl (C=O) groups is 1. The maximum absolute atomic E-state index is 12.2. The molecule has 0 unspecified atom stereocenters. The van der Waals surface area contributed by atoms with Gasteiger partial charge in [0.1, 0.15) is 10.8 Å². The molecule has 1 aromatic heterocycles. The largest absolute Gasteiger partial charge is 0.492 e. The van der Waals surface area contributed by atoms with Crippen molar-refractivity contribution in [1.82, 2.24) is 10.2 Å². The predicted molar refractivity (Wildman–Crippen MR) is 135 cm³/mol. The molecule has 2 heterocycles. The van der Waals surface area contributed by atoms with E-state index in [1.165, 1.54) is 11.8 Å². The van der Waals surface area contributed by atoms with Crippen LogP contribution in [0.15, 0.2) is 65.7 Å². The van der Waals surface area contributed by atoms with E-state index in [4.69, 9.17) is 16.3 Å². The first kappa shape index (κ1) is 23.2. The molecule has 9 heteroatoms. The number of para-hydroxylation sites is 2. The van der Waals surface area contributed by atoms with Crippen LogP contribution in [0.1, 0.15) is 6.92 Å². The number of hydrogen-bond donors (Lipinski definition) is 1. The Morgan fingerprint density at radius 2 is 1.82 bits per heavy atom. The molecule has 33 heavy (non-hydrogen) atoms. The number of piperazine rings is 1. The highest BCUT2D eigenvalue weighted by Gasteiger charge is 2.21. The number of ether oxygens (including phenoxy) is 1. The van der Waals surface area contributed by atoms with Gasteiger partial charge in [0.2, 0.25) is 5.91 Å². The van der Waals surface area contributed by atoms with Gasteiger partial charge in [0.05, 0.1) is 18.0 Å². The predicted octanol–water partition coefficient (Wildman–Crippen LogP) is 4.59. The van der Waals surface area contributed by atoms with Gasteiger partial charge in [-0.1, -0.05) is 41.6 Å². The Bertz CT molecular complexity index is 1070. The minimum atomic E-state index is -0.114. The second-order valence-electron chi connectivity index (χ2n) is 7.45. The van der Waals surface area contributed by atoms with E-state index in [0.29, 0.717) is 22.3 Å². The number of rotatable bonds is 8. The van der Waals surface area contributed by atoms with Crippen LogP contribution in [0.25, 0.3) is 0 Å². The Balaban J connectivity index is 1.27. The van der Waals surface area contributed by atoms with E-state index in [-0.39, 0.29) is 11.7 Å². The van der Waals surface area contributed by atoms with Gasteiger partial charge in [-0.25, -0.2) is 0 Å². The Hall–Kier alpha value is -2.97. The van der Waals surface area contributed by atoms with Crippen LogP contribution < -0.4 is 19.9 Å². The highest BCUT2D eigenvalue weighted by Crippen LogP contribution is 2.29. The summed E-state index contributed by atoms with van der Waals surface area (Å²) in [6.45, 7) is 6.12. The van der Waals surface area contributed by atoms with Crippen LogP contribution in [0.3, 0.4) is 0 Å². The Morgan fingerprint density at radius 1 is 1.03 bits per heavy atom. The van der Waals surface area contributed by atoms with Crippen molar-refractivity contribution < 1.29 is 9.53 Å². The first-order valence-corrected chi connectivity index (χ1v) is 12.2. The molecule has 1 aliphatic heterocycles. The maximum atomic E-state index is 12.2. The number of nitrogens with one attached hydrogen (secondary N) is 1. The quantitative estimate of drug-likeness (QED) is 0.470. The fraction of sp³-hybridized carbons (Fsp3) is 0.292. The molecule has 0 bridgehead atoms. The maximum Gasteiger partial charge on any atom is 0.234 e. The summed E-state index contributed by atoms with van der Waals surface area (Å²) in [4.78, 5) is 16.8. The lowest BCUT2D eigenvalue weighted by atomic mass is 10.2. The second kappa shape index (κ2) is 11.2. The number of aromatic nitrogens is 2. The monoisotopic (exact) mass is 483 g/mol. The molecule has 1 N–H and O–H groups in total. The zero-order valence-electron chi connectivity index (χ0n) is 18.4. The molecular formula is C24H26ClN5O2S. The van der Waals surface area contributed by atoms with Crippen molar-refractivity contribution in [3.05, 3.63) is 65.7 Å². The van der Waals surface area contributed by atoms with E-state index >= 15 is 0 Å². The van der Waals surface area contributed by atoms with Crippen molar-refractivity contribution in [2.45, 2.75) is 11.9 Å². The van der Waals surface area contributed by atoms with Gasteiger partial charge < -0.3 is 19.9 Å². The van der Waals surface area contributed by atoms with Crippen LogP contribution in [0.5, 0.6) is 5.75 Å². The van der Waals surface area contributed by atoms with Crippen molar-refractivity contribution in [2.24, 2.45) is 0 Å². The normalized spacial score (nSPS) is 13.6. The van der Waals surface area contributed by atoms with Gasteiger partial charge in [-0.15, -0.1) is 10.2 Å². The first-order valence-electron chi connectivity index (χ1n) is 10.9. The average Bonchev–Trinajstić information content (AvgIpc) is 2.84. The summed E-state index contributed by atoms with van der Waals surface area (Å²) in [5, 5.41) is 12.8.